The van der Waals surface area contributed by atoms with Gasteiger partial charge in [0.1, 0.15) is 0 Å². The third kappa shape index (κ3) is 6.85. The molecular weight excluding hydrogens is 132 g/mol. The van der Waals surface area contributed by atoms with Crippen LogP contribution in [0.4, 0.5) is 0 Å². The Bertz CT molecular complexity index is 164. The molecule has 0 saturated carbocycles. The average molecular weight is 148 g/mol. The Hall–Kier alpha value is -1.04. The largest absolute Gasteiger partial charge is 0.0991 e. The number of allylic oxidation sites excluding steroid dienone is 6. The Morgan fingerprint density at radius 1 is 1.36 bits per heavy atom. The second-order valence-electron chi connectivity index (χ2n) is 2.45. The maximum Gasteiger partial charge on any atom is -0.0285 e. The molecule has 1 rings (SSSR count). The van der Waals surface area contributed by atoms with Crippen molar-refractivity contribution >= 4 is 0 Å². The predicted octanol–water partition coefficient (Wildman–Crippen LogP) is 3.64. The Kier molecular flexibility index (Phi) is 6.40. The molecule has 0 amide bonds. The van der Waals surface area contributed by atoms with Gasteiger partial charge in [0.05, 0.1) is 0 Å². The van der Waals surface area contributed by atoms with Crippen LogP contribution in [-0.4, -0.2) is 0 Å². The second-order valence-corrected chi connectivity index (χ2v) is 2.45. The lowest BCUT2D eigenvalue weighted by molar-refractivity contribution is 0.962. The number of rotatable bonds is 1. The van der Waals surface area contributed by atoms with Crippen LogP contribution in [0.2, 0.25) is 0 Å². The summed E-state index contributed by atoms with van der Waals surface area (Å²) in [5.74, 6) is 0. The summed E-state index contributed by atoms with van der Waals surface area (Å²) < 4.78 is 0. The van der Waals surface area contributed by atoms with Crippen LogP contribution in [0.1, 0.15) is 19.8 Å². The maximum atomic E-state index is 3.36. The summed E-state index contributed by atoms with van der Waals surface area (Å²) in [5, 5.41) is 0. The highest BCUT2D eigenvalue weighted by atomic mass is 13.9. The number of hydrogen-bond donors (Lipinski definition) is 0. The SMILES string of the molecule is C=CC=C.CC1=CC=CCC1. The molecule has 0 nitrogen and oxygen atoms in total. The van der Waals surface area contributed by atoms with E-state index >= 15 is 0 Å². The van der Waals surface area contributed by atoms with Gasteiger partial charge in [-0.05, 0) is 19.8 Å². The molecule has 60 valence electrons. The molecule has 1 aliphatic rings. The third-order valence-corrected chi connectivity index (χ3v) is 1.39. The minimum atomic E-state index is 1.24. The molecule has 0 fully saturated rings. The van der Waals surface area contributed by atoms with Crippen LogP contribution in [0, 0.1) is 0 Å². The number of hydrogen-bond acceptors (Lipinski definition) is 0. The summed E-state index contributed by atoms with van der Waals surface area (Å²) in [6.07, 6.45) is 12.3. The van der Waals surface area contributed by atoms with Crippen molar-refractivity contribution in [2.45, 2.75) is 19.8 Å². The first-order chi connectivity index (χ1) is 5.31. The van der Waals surface area contributed by atoms with Gasteiger partial charge in [-0.25, -0.2) is 0 Å². The molecule has 0 saturated heterocycles. The first-order valence-electron chi connectivity index (χ1n) is 3.87. The fourth-order valence-corrected chi connectivity index (χ4v) is 0.723. The fourth-order valence-electron chi connectivity index (χ4n) is 0.723. The Balaban J connectivity index is 0.000000218. The zero-order valence-electron chi connectivity index (χ0n) is 7.22. The monoisotopic (exact) mass is 148 g/mol. The molecule has 0 radical (unpaired) electrons. The first kappa shape index (κ1) is 9.96. The van der Waals surface area contributed by atoms with Gasteiger partial charge in [-0.15, -0.1) is 0 Å². The molecule has 0 heteroatoms. The van der Waals surface area contributed by atoms with E-state index in [-0.39, 0.29) is 0 Å². The third-order valence-electron chi connectivity index (χ3n) is 1.39. The first-order valence-corrected chi connectivity index (χ1v) is 3.87. The van der Waals surface area contributed by atoms with Gasteiger partial charge in [-0.3, -0.25) is 0 Å². The molecule has 1 aliphatic carbocycles. The Morgan fingerprint density at radius 2 is 2.00 bits per heavy atom. The van der Waals surface area contributed by atoms with Crippen LogP contribution in [0.5, 0.6) is 0 Å². The van der Waals surface area contributed by atoms with E-state index in [1.807, 2.05) is 0 Å². The zero-order valence-corrected chi connectivity index (χ0v) is 7.22. The van der Waals surface area contributed by atoms with Crippen LogP contribution < -0.4 is 0 Å². The van der Waals surface area contributed by atoms with Crippen molar-refractivity contribution in [1.82, 2.24) is 0 Å². The standard InChI is InChI=1S/C7H10.C4H6/c1-7-5-3-2-4-6-7;1-3-4-2/h2-3,5H,4,6H2,1H3;3-4H,1-2H2. The highest BCUT2D eigenvalue weighted by Gasteiger charge is 1.88. The summed E-state index contributed by atoms with van der Waals surface area (Å²) in [4.78, 5) is 0. The van der Waals surface area contributed by atoms with Gasteiger partial charge in [-0.2, -0.15) is 0 Å². The quantitative estimate of drug-likeness (QED) is 0.498. The molecule has 0 unspecified atom stereocenters. The van der Waals surface area contributed by atoms with Crippen molar-refractivity contribution < 1.29 is 0 Å². The summed E-state index contributed by atoms with van der Waals surface area (Å²) in [6.45, 7) is 8.89. The van der Waals surface area contributed by atoms with Gasteiger partial charge in [0.15, 0.2) is 0 Å². The molecule has 0 N–H and O–H groups in total. The molecule has 11 heavy (non-hydrogen) atoms. The summed E-state index contributed by atoms with van der Waals surface area (Å²) in [6, 6.07) is 0. The van der Waals surface area contributed by atoms with Gasteiger partial charge in [0.25, 0.3) is 0 Å². The smallest absolute Gasteiger partial charge is 0.0285 e. The van der Waals surface area contributed by atoms with Crippen molar-refractivity contribution in [2.24, 2.45) is 0 Å². The molecule has 0 aromatic heterocycles. The zero-order chi connectivity index (χ0) is 8.53. The highest BCUT2D eigenvalue weighted by molar-refractivity contribution is 5.15. The van der Waals surface area contributed by atoms with E-state index in [1.165, 1.54) is 18.4 Å². The minimum Gasteiger partial charge on any atom is -0.0991 e. The summed E-state index contributed by atoms with van der Waals surface area (Å²) >= 11 is 0. The Labute approximate surface area is 69.6 Å². The molecule has 0 aromatic carbocycles. The van der Waals surface area contributed by atoms with Crippen molar-refractivity contribution in [3.05, 3.63) is 49.1 Å². The highest BCUT2D eigenvalue weighted by Crippen LogP contribution is 2.08. The molecule has 0 aromatic rings. The van der Waals surface area contributed by atoms with Gasteiger partial charge in [-0.1, -0.05) is 49.1 Å². The van der Waals surface area contributed by atoms with Gasteiger partial charge in [0.2, 0.25) is 0 Å². The van der Waals surface area contributed by atoms with Crippen molar-refractivity contribution in [2.75, 3.05) is 0 Å². The lowest BCUT2D eigenvalue weighted by Gasteiger charge is -1.98. The molecule has 0 heterocycles. The van der Waals surface area contributed by atoms with E-state index < -0.39 is 0 Å². The van der Waals surface area contributed by atoms with Crippen LogP contribution in [0.3, 0.4) is 0 Å². The fraction of sp³-hybridized carbons (Fsp3) is 0.273. The maximum absolute atomic E-state index is 3.36. The Morgan fingerprint density at radius 3 is 2.18 bits per heavy atom. The average Bonchev–Trinajstić information content (AvgIpc) is 2.07. The molecule has 0 aliphatic heterocycles. The lowest BCUT2D eigenvalue weighted by atomic mass is 10.1. The predicted molar refractivity (Wildman–Crippen MR) is 52.5 cm³/mol. The van der Waals surface area contributed by atoms with Crippen LogP contribution in [-0.2, 0) is 0 Å². The van der Waals surface area contributed by atoms with Crippen LogP contribution in [0.15, 0.2) is 49.1 Å². The van der Waals surface area contributed by atoms with E-state index in [0.29, 0.717) is 0 Å². The van der Waals surface area contributed by atoms with Crippen LogP contribution in [0.25, 0.3) is 0 Å². The van der Waals surface area contributed by atoms with Crippen molar-refractivity contribution in [3.8, 4) is 0 Å². The van der Waals surface area contributed by atoms with E-state index in [1.54, 1.807) is 12.2 Å². The molecule has 0 spiro atoms. The van der Waals surface area contributed by atoms with Gasteiger partial charge >= 0.3 is 0 Å². The van der Waals surface area contributed by atoms with Crippen LogP contribution >= 0.6 is 0 Å². The lowest BCUT2D eigenvalue weighted by Crippen LogP contribution is -1.78. The molecule has 0 atom stereocenters. The van der Waals surface area contributed by atoms with Crippen molar-refractivity contribution in [3.63, 3.8) is 0 Å². The van der Waals surface area contributed by atoms with E-state index in [2.05, 4.69) is 38.3 Å². The normalized spacial score (nSPS) is 14.1. The molecular formula is C11H16. The summed E-state index contributed by atoms with van der Waals surface area (Å²) in [7, 11) is 0. The molecule has 0 bridgehead atoms. The van der Waals surface area contributed by atoms with Crippen molar-refractivity contribution in [1.29, 1.82) is 0 Å². The topological polar surface area (TPSA) is 0 Å². The van der Waals surface area contributed by atoms with Gasteiger partial charge < -0.3 is 0 Å². The summed E-state index contributed by atoms with van der Waals surface area (Å²) in [5.41, 5.74) is 1.50. The van der Waals surface area contributed by atoms with E-state index in [0.717, 1.165) is 0 Å². The van der Waals surface area contributed by atoms with Gasteiger partial charge in [0, 0.05) is 0 Å². The minimum absolute atomic E-state index is 1.24. The van der Waals surface area contributed by atoms with E-state index in [9.17, 15) is 0 Å². The van der Waals surface area contributed by atoms with E-state index in [4.69, 9.17) is 0 Å². The second kappa shape index (κ2) is 7.07.